The summed E-state index contributed by atoms with van der Waals surface area (Å²) in [5, 5.41) is 3.01. The van der Waals surface area contributed by atoms with E-state index in [0.29, 0.717) is 18.7 Å². The summed E-state index contributed by atoms with van der Waals surface area (Å²) in [6, 6.07) is 15.3. The molecule has 0 aliphatic rings. The van der Waals surface area contributed by atoms with E-state index in [-0.39, 0.29) is 11.9 Å². The molecule has 0 spiro atoms. The van der Waals surface area contributed by atoms with Crippen molar-refractivity contribution in [1.29, 1.82) is 0 Å². The number of benzene rings is 2. The average Bonchev–Trinajstić information content (AvgIpc) is 2.62. The van der Waals surface area contributed by atoms with E-state index < -0.39 is 0 Å². The summed E-state index contributed by atoms with van der Waals surface area (Å²) in [6.07, 6.45) is 0. The molecule has 5 heteroatoms. The van der Waals surface area contributed by atoms with Crippen LogP contribution in [0.1, 0.15) is 27.5 Å². The minimum Gasteiger partial charge on any atom is -0.496 e. The predicted molar refractivity (Wildman–Crippen MR) is 98.9 cm³/mol. The highest BCUT2D eigenvalue weighted by Gasteiger charge is 2.19. The Bertz CT molecular complexity index is 684. The van der Waals surface area contributed by atoms with E-state index in [1.54, 1.807) is 14.2 Å². The van der Waals surface area contributed by atoms with E-state index >= 15 is 0 Å². The van der Waals surface area contributed by atoms with Gasteiger partial charge in [-0.05, 0) is 37.9 Å². The number of rotatable bonds is 8. The predicted octanol–water partition coefficient (Wildman–Crippen LogP) is 2.87. The quantitative estimate of drug-likeness (QED) is 0.801. The van der Waals surface area contributed by atoms with E-state index in [0.717, 1.165) is 16.9 Å². The SMILES string of the molecule is COCc1ccc(C(=O)NCC(c2ccccc2OC)N(C)C)cc1. The minimum absolute atomic E-state index is 0.0212. The summed E-state index contributed by atoms with van der Waals surface area (Å²) in [6.45, 7) is 1.03. The van der Waals surface area contributed by atoms with Gasteiger partial charge in [-0.1, -0.05) is 30.3 Å². The van der Waals surface area contributed by atoms with Gasteiger partial charge in [0.2, 0.25) is 0 Å². The van der Waals surface area contributed by atoms with Gasteiger partial charge in [-0.15, -0.1) is 0 Å². The molecule has 0 aromatic heterocycles. The molecule has 2 aromatic rings. The highest BCUT2D eigenvalue weighted by Crippen LogP contribution is 2.27. The standard InChI is InChI=1S/C20H26N2O3/c1-22(2)18(17-7-5-6-8-19(17)25-4)13-21-20(23)16-11-9-15(10-12-16)14-24-3/h5-12,18H,13-14H2,1-4H3,(H,21,23). The number of methoxy groups -OCH3 is 2. The lowest BCUT2D eigenvalue weighted by atomic mass is 10.0. The van der Waals surface area contributed by atoms with Crippen molar-refractivity contribution in [2.75, 3.05) is 34.9 Å². The van der Waals surface area contributed by atoms with Crippen molar-refractivity contribution in [3.8, 4) is 5.75 Å². The van der Waals surface area contributed by atoms with Crippen molar-refractivity contribution in [3.63, 3.8) is 0 Å². The Balaban J connectivity index is 2.06. The van der Waals surface area contributed by atoms with E-state index in [1.165, 1.54) is 0 Å². The van der Waals surface area contributed by atoms with Gasteiger partial charge in [0, 0.05) is 24.8 Å². The highest BCUT2D eigenvalue weighted by molar-refractivity contribution is 5.94. The maximum Gasteiger partial charge on any atom is 0.251 e. The second-order valence-electron chi connectivity index (χ2n) is 6.06. The van der Waals surface area contributed by atoms with Crippen LogP contribution in [0.2, 0.25) is 0 Å². The Morgan fingerprint density at radius 2 is 1.76 bits per heavy atom. The molecule has 0 saturated heterocycles. The zero-order valence-corrected chi connectivity index (χ0v) is 15.3. The first-order valence-electron chi connectivity index (χ1n) is 8.22. The van der Waals surface area contributed by atoms with Crippen molar-refractivity contribution in [2.45, 2.75) is 12.6 Å². The molecule has 1 atom stereocenters. The number of nitrogens with one attached hydrogen (secondary N) is 1. The van der Waals surface area contributed by atoms with Crippen LogP contribution in [0.5, 0.6) is 5.75 Å². The molecule has 0 aliphatic carbocycles. The summed E-state index contributed by atoms with van der Waals surface area (Å²) < 4.78 is 10.5. The fraction of sp³-hybridized carbons (Fsp3) is 0.350. The number of nitrogens with zero attached hydrogens (tertiary/aromatic N) is 1. The van der Waals surface area contributed by atoms with Crippen molar-refractivity contribution in [3.05, 3.63) is 65.2 Å². The van der Waals surface area contributed by atoms with Crippen LogP contribution < -0.4 is 10.1 Å². The van der Waals surface area contributed by atoms with Crippen LogP contribution in [0.4, 0.5) is 0 Å². The lowest BCUT2D eigenvalue weighted by molar-refractivity contribution is 0.0941. The number of carbonyl (C=O) groups excluding carboxylic acids is 1. The highest BCUT2D eigenvalue weighted by atomic mass is 16.5. The second-order valence-corrected chi connectivity index (χ2v) is 6.06. The van der Waals surface area contributed by atoms with Crippen molar-refractivity contribution < 1.29 is 14.3 Å². The lowest BCUT2D eigenvalue weighted by Gasteiger charge is -2.26. The summed E-state index contributed by atoms with van der Waals surface area (Å²) in [5.74, 6) is 0.727. The Labute approximate surface area is 149 Å². The average molecular weight is 342 g/mol. The number of amides is 1. The molecule has 0 fully saturated rings. The molecule has 2 rings (SSSR count). The summed E-state index contributed by atoms with van der Waals surface area (Å²) in [4.78, 5) is 14.5. The van der Waals surface area contributed by atoms with Crippen molar-refractivity contribution in [2.24, 2.45) is 0 Å². The molecule has 1 amide bonds. The summed E-state index contributed by atoms with van der Waals surface area (Å²) in [5.41, 5.74) is 2.72. The Morgan fingerprint density at radius 1 is 1.08 bits per heavy atom. The van der Waals surface area contributed by atoms with Crippen molar-refractivity contribution >= 4 is 5.91 Å². The van der Waals surface area contributed by atoms with Gasteiger partial charge in [0.05, 0.1) is 19.8 Å². The first kappa shape index (κ1) is 19.0. The Morgan fingerprint density at radius 3 is 2.36 bits per heavy atom. The van der Waals surface area contributed by atoms with E-state index in [4.69, 9.17) is 9.47 Å². The molecule has 0 saturated carbocycles. The fourth-order valence-electron chi connectivity index (χ4n) is 2.72. The molecule has 1 N–H and O–H groups in total. The molecule has 0 bridgehead atoms. The van der Waals surface area contributed by atoms with Gasteiger partial charge in [-0.2, -0.15) is 0 Å². The lowest BCUT2D eigenvalue weighted by Crippen LogP contribution is -2.34. The normalized spacial score (nSPS) is 12.0. The van der Waals surface area contributed by atoms with Gasteiger partial charge in [-0.3, -0.25) is 4.79 Å². The molecular weight excluding hydrogens is 316 g/mol. The molecule has 5 nitrogen and oxygen atoms in total. The molecule has 25 heavy (non-hydrogen) atoms. The zero-order chi connectivity index (χ0) is 18.2. The minimum atomic E-state index is -0.0919. The van der Waals surface area contributed by atoms with Gasteiger partial charge >= 0.3 is 0 Å². The number of hydrogen-bond acceptors (Lipinski definition) is 4. The van der Waals surface area contributed by atoms with E-state index in [1.807, 2.05) is 62.6 Å². The monoisotopic (exact) mass is 342 g/mol. The number of hydrogen-bond donors (Lipinski definition) is 1. The first-order valence-corrected chi connectivity index (χ1v) is 8.22. The smallest absolute Gasteiger partial charge is 0.251 e. The third-order valence-electron chi connectivity index (χ3n) is 4.10. The maximum atomic E-state index is 12.4. The van der Waals surface area contributed by atoms with Crippen LogP contribution in [0.3, 0.4) is 0 Å². The molecule has 1 unspecified atom stereocenters. The van der Waals surface area contributed by atoms with E-state index in [2.05, 4.69) is 10.2 Å². The molecule has 0 heterocycles. The van der Waals surface area contributed by atoms with Crippen LogP contribution in [-0.2, 0) is 11.3 Å². The molecular formula is C20H26N2O3. The topological polar surface area (TPSA) is 50.8 Å². The number of ether oxygens (including phenoxy) is 2. The van der Waals surface area contributed by atoms with Gasteiger partial charge in [0.15, 0.2) is 0 Å². The third-order valence-corrected chi connectivity index (χ3v) is 4.10. The van der Waals surface area contributed by atoms with Gasteiger partial charge in [0.1, 0.15) is 5.75 Å². The molecule has 0 radical (unpaired) electrons. The van der Waals surface area contributed by atoms with Crippen molar-refractivity contribution in [1.82, 2.24) is 10.2 Å². The van der Waals surface area contributed by atoms with Gasteiger partial charge < -0.3 is 19.7 Å². The van der Waals surface area contributed by atoms with Gasteiger partial charge in [-0.25, -0.2) is 0 Å². The molecule has 0 aliphatic heterocycles. The largest absolute Gasteiger partial charge is 0.496 e. The number of likely N-dealkylation sites (N-methyl/N-ethyl adjacent to an activating group) is 1. The second kappa shape index (κ2) is 9.20. The molecule has 134 valence electrons. The fourth-order valence-corrected chi connectivity index (χ4v) is 2.72. The van der Waals surface area contributed by atoms with E-state index in [9.17, 15) is 4.79 Å². The van der Waals surface area contributed by atoms with Crippen LogP contribution in [0, 0.1) is 0 Å². The third kappa shape index (κ3) is 5.05. The number of carbonyl (C=O) groups is 1. The summed E-state index contributed by atoms with van der Waals surface area (Å²) >= 11 is 0. The van der Waals surface area contributed by atoms with Gasteiger partial charge in [0.25, 0.3) is 5.91 Å². The maximum absolute atomic E-state index is 12.4. The first-order chi connectivity index (χ1) is 12.1. The zero-order valence-electron chi connectivity index (χ0n) is 15.3. The van der Waals surface area contributed by atoms with Crippen LogP contribution in [-0.4, -0.2) is 45.7 Å². The van der Waals surface area contributed by atoms with Crippen LogP contribution in [0.25, 0.3) is 0 Å². The van der Waals surface area contributed by atoms with Crippen LogP contribution in [0.15, 0.2) is 48.5 Å². The Kier molecular flexibility index (Phi) is 6.98. The number of para-hydroxylation sites is 1. The molecule has 2 aromatic carbocycles. The summed E-state index contributed by atoms with van der Waals surface area (Å²) in [7, 11) is 7.29. The Hall–Kier alpha value is -2.37. The van der Waals surface area contributed by atoms with Crippen LogP contribution >= 0.6 is 0 Å².